The molecule has 0 fully saturated rings. The van der Waals surface area contributed by atoms with Crippen molar-refractivity contribution >= 4 is 68.8 Å². The van der Waals surface area contributed by atoms with Crippen molar-refractivity contribution in [2.45, 2.75) is 113 Å². The van der Waals surface area contributed by atoms with Crippen LogP contribution in [0.15, 0.2) is 182 Å². The Morgan fingerprint density at radius 2 is 1.07 bits per heavy atom. The molecule has 0 aliphatic carbocycles. The summed E-state index contributed by atoms with van der Waals surface area (Å²) in [7, 11) is -3.03. The van der Waals surface area contributed by atoms with Crippen LogP contribution >= 0.6 is 0 Å². The molecule has 9 aromatic carbocycles. The number of fused-ring (bicyclic) bond motifs is 10. The third-order valence-electron chi connectivity index (χ3n) is 17.5. The maximum Gasteiger partial charge on any atom is 0.135 e. The van der Waals surface area contributed by atoms with Gasteiger partial charge in [0, 0.05) is 72.6 Å². The van der Waals surface area contributed by atoms with Gasteiger partial charge in [0.15, 0.2) is 0 Å². The molecule has 3 aliphatic rings. The molecule has 424 valence electrons. The molecule has 84 heavy (non-hydrogen) atoms. The molecule has 0 bridgehead atoms. The molecule has 10 aromatic rings. The number of ether oxygens (including phenoxy) is 1. The number of nitrogens with zero attached hydrogens (tertiary/aromatic N) is 4. The number of hydrogen-bond donors (Lipinski definition) is 0. The predicted molar refractivity (Wildman–Crippen MR) is 351 cm³/mol. The van der Waals surface area contributed by atoms with Crippen molar-refractivity contribution < 1.29 is 32.7 Å². The van der Waals surface area contributed by atoms with Gasteiger partial charge in [0.1, 0.15) is 13.9 Å². The van der Waals surface area contributed by atoms with Crippen molar-refractivity contribution in [2.24, 2.45) is 0 Å². The van der Waals surface area contributed by atoms with E-state index in [0.717, 1.165) is 56.4 Å². The van der Waals surface area contributed by atoms with Gasteiger partial charge in [-0.05, 0) is 152 Å². The fraction of sp³-hybridized carbons (Fsp3) is 0.221. The summed E-state index contributed by atoms with van der Waals surface area (Å²) in [5.41, 5.74) is 18.5. The van der Waals surface area contributed by atoms with Crippen LogP contribution in [-0.2, 0) is 37.3 Å². The van der Waals surface area contributed by atoms with Crippen LogP contribution in [0.3, 0.4) is 0 Å². The van der Waals surface area contributed by atoms with Gasteiger partial charge in [0.25, 0.3) is 0 Å². The van der Waals surface area contributed by atoms with E-state index in [1.807, 2.05) is 50.1 Å². The van der Waals surface area contributed by atoms with Crippen LogP contribution in [0.2, 0.25) is 0 Å². The normalized spacial score (nSPS) is 14.8. The molecule has 0 unspecified atom stereocenters. The molecule has 0 saturated carbocycles. The standard InChI is InChI=1S/C77H73N4OSi.Pt/c1-48-31-34-61-62-35-32-49(2)40-70(62)83(69(61)39-48)67-30-21-20-29-65(67)81(71-44-55(37-38-78-71)75(6,7)8)66-46-60(33-36-68(66)83)82-59-26-22-25-58(45-59)79-47-80(64-28-19-18-27-63(64)79)74-72(53-23-16-15-17-24-53)51(4)50(3)52(5)73(74)54-41-56(76(9,10)11)43-57(42-54)77(12,13)14;/h15-44,47H,1-14H3;/q-3;/i15D,16D,17D,23D,24D;. The van der Waals surface area contributed by atoms with Crippen LogP contribution in [0.4, 0.5) is 39.9 Å². The predicted octanol–water partition coefficient (Wildman–Crippen LogP) is 17.8. The Morgan fingerprint density at radius 3 is 1.69 bits per heavy atom. The molecule has 4 heterocycles. The smallest absolute Gasteiger partial charge is 0.135 e. The van der Waals surface area contributed by atoms with Crippen molar-refractivity contribution in [1.82, 2.24) is 4.98 Å². The van der Waals surface area contributed by atoms with E-state index in [-0.39, 0.29) is 67.0 Å². The largest absolute Gasteiger partial charge is 0.509 e. The molecule has 0 amide bonds. The first-order valence-electron chi connectivity index (χ1n) is 31.4. The Bertz CT molecular complexity index is 4460. The number of aryl methyl sites for hydroxylation is 2. The van der Waals surface area contributed by atoms with Gasteiger partial charge >= 0.3 is 0 Å². The zero-order chi connectivity index (χ0) is 62.4. The quantitative estimate of drug-likeness (QED) is 0.117. The number of pyridine rings is 1. The van der Waals surface area contributed by atoms with Crippen molar-refractivity contribution in [2.75, 3.05) is 14.7 Å². The first kappa shape index (κ1) is 50.7. The fourth-order valence-corrected chi connectivity index (χ4v) is 18.6. The average Bonchev–Trinajstić information content (AvgIpc) is 1.59. The van der Waals surface area contributed by atoms with Crippen LogP contribution in [-0.4, -0.2) is 13.1 Å². The minimum atomic E-state index is -3.03. The Labute approximate surface area is 521 Å². The Kier molecular flexibility index (Phi) is 12.6. The Morgan fingerprint density at radius 1 is 0.500 bits per heavy atom. The van der Waals surface area contributed by atoms with E-state index >= 15 is 0 Å². The third kappa shape index (κ3) is 9.27. The van der Waals surface area contributed by atoms with E-state index in [2.05, 4.69) is 232 Å². The molecular formula is C77H73N4OPtSi-3. The summed E-state index contributed by atoms with van der Waals surface area (Å²) in [5, 5.41) is 5.25. The van der Waals surface area contributed by atoms with E-state index < -0.39 is 14.1 Å². The SMILES string of the molecule is [2H]c1c([2H])c([2H])c(-c2c(C)c(C)c(C)c(-c3cc(C(C)(C)C)cc(C(C)(C)C)c3)c2N2[CH-]N(c3[c-]c(Oc4[c-]c5c(cc4)[Si]4(c6cc(C)ccc6-c6ccc(C)cc64)c4ccccc4N5c4cc(C(C)(C)C)ccn4)ccc3)c3ccccc32)c([2H])c1[2H].[Pt]. The van der Waals surface area contributed by atoms with Crippen LogP contribution in [0.25, 0.3) is 33.4 Å². The summed E-state index contributed by atoms with van der Waals surface area (Å²) >= 11 is 0. The van der Waals surface area contributed by atoms with E-state index in [1.54, 1.807) is 0 Å². The van der Waals surface area contributed by atoms with E-state index in [1.165, 1.54) is 59.7 Å². The van der Waals surface area contributed by atoms with Crippen LogP contribution in [0.1, 0.15) is 114 Å². The molecule has 13 rings (SSSR count). The van der Waals surface area contributed by atoms with Crippen molar-refractivity contribution in [1.29, 1.82) is 0 Å². The van der Waals surface area contributed by atoms with Gasteiger partial charge in [-0.3, -0.25) is 0 Å². The minimum absolute atomic E-state index is 0. The topological polar surface area (TPSA) is 31.8 Å². The second-order valence-electron chi connectivity index (χ2n) is 26.1. The Hall–Kier alpha value is -7.76. The molecule has 0 atom stereocenters. The van der Waals surface area contributed by atoms with Crippen LogP contribution in [0, 0.1) is 53.4 Å². The van der Waals surface area contributed by atoms with E-state index in [9.17, 15) is 2.74 Å². The number of benzene rings is 9. The van der Waals surface area contributed by atoms with Gasteiger partial charge in [0.05, 0.1) is 6.85 Å². The number of hydrogen-bond acceptors (Lipinski definition) is 5. The average molecular weight is 1300 g/mol. The maximum atomic E-state index is 9.55. The van der Waals surface area contributed by atoms with Crippen molar-refractivity contribution in [3.63, 3.8) is 0 Å². The number of anilines is 7. The zero-order valence-corrected chi connectivity index (χ0v) is 53.8. The summed E-state index contributed by atoms with van der Waals surface area (Å²) in [6.45, 7) is 32.8. The second-order valence-corrected chi connectivity index (χ2v) is 29.7. The fourth-order valence-electron chi connectivity index (χ4n) is 12.9. The van der Waals surface area contributed by atoms with Crippen molar-refractivity contribution in [3.8, 4) is 44.9 Å². The summed E-state index contributed by atoms with van der Waals surface area (Å²) in [6, 6.07) is 58.5. The molecular weight excluding hydrogens is 1220 g/mol. The molecule has 3 aliphatic heterocycles. The summed E-state index contributed by atoms with van der Waals surface area (Å²) < 4.78 is 52.9. The second kappa shape index (κ2) is 20.8. The number of aromatic nitrogens is 1. The minimum Gasteiger partial charge on any atom is -0.509 e. The number of para-hydroxylation sites is 3. The summed E-state index contributed by atoms with van der Waals surface area (Å²) in [4.78, 5) is 11.7. The van der Waals surface area contributed by atoms with Crippen LogP contribution < -0.4 is 40.2 Å². The van der Waals surface area contributed by atoms with Crippen molar-refractivity contribution in [3.05, 3.63) is 245 Å². The Balaban J connectivity index is 0.00000769. The van der Waals surface area contributed by atoms with Gasteiger partial charge in [-0.1, -0.05) is 194 Å². The first-order valence-corrected chi connectivity index (χ1v) is 30.9. The molecule has 0 radical (unpaired) electrons. The molecule has 5 nitrogen and oxygen atoms in total. The van der Waals surface area contributed by atoms with E-state index in [0.29, 0.717) is 28.4 Å². The van der Waals surface area contributed by atoms with Gasteiger partial charge in [-0.15, -0.1) is 47.9 Å². The number of rotatable bonds is 7. The van der Waals surface area contributed by atoms with E-state index in [4.69, 9.17) is 13.8 Å². The molecule has 1 aromatic heterocycles. The summed E-state index contributed by atoms with van der Waals surface area (Å²) in [5.74, 6) is 1.82. The van der Waals surface area contributed by atoms with Gasteiger partial charge in [-0.25, -0.2) is 4.98 Å². The van der Waals surface area contributed by atoms with Gasteiger partial charge < -0.3 is 19.4 Å². The molecule has 0 N–H and O–H groups in total. The molecule has 0 saturated heterocycles. The first-order chi connectivity index (χ1) is 41.7. The maximum absolute atomic E-state index is 9.55. The van der Waals surface area contributed by atoms with Gasteiger partial charge in [-0.2, -0.15) is 12.1 Å². The third-order valence-corrected chi connectivity index (χ3v) is 22.4. The van der Waals surface area contributed by atoms with Gasteiger partial charge in [0.2, 0.25) is 0 Å². The molecule has 7 heteroatoms. The zero-order valence-electron chi connectivity index (χ0n) is 55.5. The monoisotopic (exact) mass is 1300 g/mol. The molecule has 1 spiro atoms. The summed E-state index contributed by atoms with van der Waals surface area (Å²) in [6.07, 6.45) is 1.92. The van der Waals surface area contributed by atoms with Crippen LogP contribution in [0.5, 0.6) is 11.5 Å².